The molecule has 0 saturated carbocycles. The maximum Gasteiger partial charge on any atom is 0.167 e. The number of rotatable bonds is 4. The van der Waals surface area contributed by atoms with Gasteiger partial charge in [-0.05, 0) is 12.5 Å². The highest BCUT2D eigenvalue weighted by molar-refractivity contribution is 7.17. The molecule has 1 aromatic carbocycles. The van der Waals surface area contributed by atoms with Crippen molar-refractivity contribution in [2.45, 2.75) is 26.7 Å². The van der Waals surface area contributed by atoms with Crippen LogP contribution in [-0.2, 0) is 0 Å². The third kappa shape index (κ3) is 2.03. The van der Waals surface area contributed by atoms with Crippen molar-refractivity contribution in [3.63, 3.8) is 0 Å². The summed E-state index contributed by atoms with van der Waals surface area (Å²) in [5.41, 5.74) is 0.904. The predicted octanol–water partition coefficient (Wildman–Crippen LogP) is 4.52. The molecule has 2 aromatic rings. The quantitative estimate of drug-likeness (QED) is 0.708. The SMILES string of the molecule is CCCC(C)C(=O)c1csc2ccccc12. The lowest BCUT2D eigenvalue weighted by atomic mass is 9.95. The van der Waals surface area contributed by atoms with Gasteiger partial charge in [-0.25, -0.2) is 0 Å². The van der Waals surface area contributed by atoms with Crippen molar-refractivity contribution in [3.8, 4) is 0 Å². The maximum absolute atomic E-state index is 12.2. The second kappa shape index (κ2) is 4.79. The molecular weight excluding hydrogens is 216 g/mol. The largest absolute Gasteiger partial charge is 0.294 e. The third-order valence-corrected chi connectivity index (χ3v) is 3.88. The number of ketones is 1. The molecule has 0 aliphatic carbocycles. The lowest BCUT2D eigenvalue weighted by Gasteiger charge is -2.07. The molecule has 2 heteroatoms. The molecule has 84 valence electrons. The van der Waals surface area contributed by atoms with Crippen LogP contribution in [-0.4, -0.2) is 5.78 Å². The van der Waals surface area contributed by atoms with Crippen LogP contribution in [0.1, 0.15) is 37.0 Å². The molecule has 0 spiro atoms. The minimum Gasteiger partial charge on any atom is -0.294 e. The Morgan fingerprint density at radius 3 is 2.88 bits per heavy atom. The molecule has 0 radical (unpaired) electrons. The monoisotopic (exact) mass is 232 g/mol. The van der Waals surface area contributed by atoms with Gasteiger partial charge in [0.2, 0.25) is 0 Å². The van der Waals surface area contributed by atoms with E-state index in [0.717, 1.165) is 23.8 Å². The fraction of sp³-hybridized carbons (Fsp3) is 0.357. The van der Waals surface area contributed by atoms with Gasteiger partial charge in [-0.3, -0.25) is 4.79 Å². The van der Waals surface area contributed by atoms with Crippen LogP contribution in [0.4, 0.5) is 0 Å². The normalized spacial score (nSPS) is 12.9. The van der Waals surface area contributed by atoms with E-state index < -0.39 is 0 Å². The third-order valence-electron chi connectivity index (χ3n) is 2.92. The average molecular weight is 232 g/mol. The van der Waals surface area contributed by atoms with Gasteiger partial charge in [-0.2, -0.15) is 0 Å². The molecule has 1 heterocycles. The van der Waals surface area contributed by atoms with Gasteiger partial charge >= 0.3 is 0 Å². The maximum atomic E-state index is 12.2. The first-order chi connectivity index (χ1) is 7.74. The van der Waals surface area contributed by atoms with Crippen molar-refractivity contribution < 1.29 is 4.79 Å². The van der Waals surface area contributed by atoms with Crippen LogP contribution in [0.3, 0.4) is 0 Å². The lowest BCUT2D eigenvalue weighted by Crippen LogP contribution is -2.10. The summed E-state index contributed by atoms with van der Waals surface area (Å²) in [6, 6.07) is 8.12. The van der Waals surface area contributed by atoms with Crippen LogP contribution in [0.2, 0.25) is 0 Å². The van der Waals surface area contributed by atoms with E-state index >= 15 is 0 Å². The molecular formula is C14H16OS. The van der Waals surface area contributed by atoms with Crippen LogP contribution in [0, 0.1) is 5.92 Å². The number of hydrogen-bond acceptors (Lipinski definition) is 2. The average Bonchev–Trinajstić information content (AvgIpc) is 2.72. The van der Waals surface area contributed by atoms with Gasteiger partial charge in [0.05, 0.1) is 0 Å². The van der Waals surface area contributed by atoms with Gasteiger partial charge in [0.15, 0.2) is 5.78 Å². The second-order valence-electron chi connectivity index (χ2n) is 4.20. The summed E-state index contributed by atoms with van der Waals surface area (Å²) < 4.78 is 1.20. The number of thiophene rings is 1. The molecule has 0 saturated heterocycles. The summed E-state index contributed by atoms with van der Waals surface area (Å²) in [5, 5.41) is 3.11. The number of carbonyl (C=O) groups is 1. The fourth-order valence-electron chi connectivity index (χ4n) is 2.00. The summed E-state index contributed by atoms with van der Waals surface area (Å²) in [7, 11) is 0. The Morgan fingerprint density at radius 2 is 2.12 bits per heavy atom. The highest BCUT2D eigenvalue weighted by atomic mass is 32.1. The van der Waals surface area contributed by atoms with Gasteiger partial charge in [0, 0.05) is 26.9 Å². The molecule has 0 bridgehead atoms. The second-order valence-corrected chi connectivity index (χ2v) is 5.11. The highest BCUT2D eigenvalue weighted by Crippen LogP contribution is 2.28. The summed E-state index contributed by atoms with van der Waals surface area (Å²) >= 11 is 1.66. The number of hydrogen-bond donors (Lipinski definition) is 0. The molecule has 0 N–H and O–H groups in total. The molecule has 0 aliphatic heterocycles. The topological polar surface area (TPSA) is 17.1 Å². The molecule has 1 nitrogen and oxygen atoms in total. The number of Topliss-reactive ketones (excluding diaryl/α,β-unsaturated/α-hetero) is 1. The number of benzene rings is 1. The Kier molecular flexibility index (Phi) is 3.39. The molecule has 0 amide bonds. The van der Waals surface area contributed by atoms with E-state index in [0.29, 0.717) is 5.78 Å². The van der Waals surface area contributed by atoms with Crippen molar-refractivity contribution in [1.29, 1.82) is 0 Å². The fourth-order valence-corrected chi connectivity index (χ4v) is 2.95. The lowest BCUT2D eigenvalue weighted by molar-refractivity contribution is 0.0925. The summed E-state index contributed by atoms with van der Waals surface area (Å²) in [6.07, 6.45) is 2.04. The van der Waals surface area contributed by atoms with Crippen LogP contribution >= 0.6 is 11.3 Å². The predicted molar refractivity (Wildman–Crippen MR) is 70.2 cm³/mol. The van der Waals surface area contributed by atoms with E-state index in [-0.39, 0.29) is 5.92 Å². The smallest absolute Gasteiger partial charge is 0.167 e. The first-order valence-corrected chi connectivity index (χ1v) is 6.62. The minimum atomic E-state index is 0.142. The Balaban J connectivity index is 2.36. The van der Waals surface area contributed by atoms with E-state index in [2.05, 4.69) is 13.0 Å². The van der Waals surface area contributed by atoms with Gasteiger partial charge in [-0.15, -0.1) is 11.3 Å². The number of carbonyl (C=O) groups excluding carboxylic acids is 1. The Bertz CT molecular complexity index is 498. The summed E-state index contributed by atoms with van der Waals surface area (Å²) in [6.45, 7) is 4.15. The zero-order valence-corrected chi connectivity index (χ0v) is 10.5. The van der Waals surface area contributed by atoms with Crippen LogP contribution in [0.25, 0.3) is 10.1 Å². The number of fused-ring (bicyclic) bond motifs is 1. The molecule has 2 rings (SSSR count). The molecule has 16 heavy (non-hydrogen) atoms. The van der Waals surface area contributed by atoms with E-state index in [9.17, 15) is 4.79 Å². The standard InChI is InChI=1S/C14H16OS/c1-3-6-10(2)14(15)12-9-16-13-8-5-4-7-11(12)13/h4-5,7-10H,3,6H2,1-2H3. The van der Waals surface area contributed by atoms with Crippen LogP contribution in [0.5, 0.6) is 0 Å². The zero-order chi connectivity index (χ0) is 11.5. The molecule has 1 aromatic heterocycles. The van der Waals surface area contributed by atoms with Crippen molar-refractivity contribution in [1.82, 2.24) is 0 Å². The highest BCUT2D eigenvalue weighted by Gasteiger charge is 2.17. The van der Waals surface area contributed by atoms with Gasteiger partial charge < -0.3 is 0 Å². The Hall–Kier alpha value is -1.15. The van der Waals surface area contributed by atoms with Crippen LogP contribution in [0.15, 0.2) is 29.6 Å². The molecule has 1 unspecified atom stereocenters. The van der Waals surface area contributed by atoms with Crippen molar-refractivity contribution >= 4 is 27.2 Å². The minimum absolute atomic E-state index is 0.142. The van der Waals surface area contributed by atoms with Crippen molar-refractivity contribution in [2.75, 3.05) is 0 Å². The summed E-state index contributed by atoms with van der Waals surface area (Å²) in [5.74, 6) is 0.433. The zero-order valence-electron chi connectivity index (χ0n) is 9.69. The molecule has 1 atom stereocenters. The van der Waals surface area contributed by atoms with Crippen LogP contribution < -0.4 is 0 Å². The van der Waals surface area contributed by atoms with Crippen molar-refractivity contribution in [3.05, 3.63) is 35.2 Å². The van der Waals surface area contributed by atoms with Gasteiger partial charge in [-0.1, -0.05) is 38.5 Å². The Labute approximate surface area is 100 Å². The van der Waals surface area contributed by atoms with E-state index in [4.69, 9.17) is 0 Å². The Morgan fingerprint density at radius 1 is 1.38 bits per heavy atom. The van der Waals surface area contributed by atoms with Gasteiger partial charge in [0.1, 0.15) is 0 Å². The molecule has 0 aliphatic rings. The van der Waals surface area contributed by atoms with E-state index in [1.54, 1.807) is 11.3 Å². The molecule has 0 fully saturated rings. The summed E-state index contributed by atoms with van der Waals surface area (Å²) in [4.78, 5) is 12.2. The van der Waals surface area contributed by atoms with Crippen molar-refractivity contribution in [2.24, 2.45) is 5.92 Å². The van der Waals surface area contributed by atoms with E-state index in [1.807, 2.05) is 30.5 Å². The first-order valence-electron chi connectivity index (χ1n) is 5.74. The first kappa shape index (κ1) is 11.3. The van der Waals surface area contributed by atoms with Gasteiger partial charge in [0.25, 0.3) is 0 Å². The van der Waals surface area contributed by atoms with E-state index in [1.165, 1.54) is 4.70 Å².